The van der Waals surface area contributed by atoms with E-state index >= 15 is 0 Å². The van der Waals surface area contributed by atoms with Crippen LogP contribution in [0.2, 0.25) is 0 Å². The molecule has 58 valence electrons. The van der Waals surface area contributed by atoms with E-state index in [4.69, 9.17) is 11.5 Å². The molecule has 0 heterocycles. The van der Waals surface area contributed by atoms with Crippen molar-refractivity contribution in [2.45, 2.75) is 13.8 Å². The number of nitrogens with two attached hydrogens (primary N) is 2. The average molecular weight is 145 g/mol. The van der Waals surface area contributed by atoms with Crippen LogP contribution in [0.4, 0.5) is 0 Å². The monoisotopic (exact) mass is 145 g/mol. The second-order valence-electron chi connectivity index (χ2n) is 2.08. The molecule has 0 rings (SSSR count). The van der Waals surface area contributed by atoms with Gasteiger partial charge in [0.25, 0.3) is 0 Å². The molecule has 0 aliphatic rings. The van der Waals surface area contributed by atoms with Crippen LogP contribution < -0.4 is 11.5 Å². The van der Waals surface area contributed by atoms with Gasteiger partial charge in [-0.05, 0) is 5.16 Å². The first kappa shape index (κ1) is 8.74. The first-order valence-electron chi connectivity index (χ1n) is 2.84. The third-order valence-corrected chi connectivity index (χ3v) is 0.712. The lowest BCUT2D eigenvalue weighted by molar-refractivity contribution is -0.147. The van der Waals surface area contributed by atoms with Crippen molar-refractivity contribution in [3.05, 3.63) is 0 Å². The second-order valence-corrected chi connectivity index (χ2v) is 2.08. The van der Waals surface area contributed by atoms with Crippen LogP contribution in [0.25, 0.3) is 0 Å². The molecule has 0 amide bonds. The first-order chi connectivity index (χ1) is 4.54. The highest BCUT2D eigenvalue weighted by Crippen LogP contribution is 1.94. The van der Waals surface area contributed by atoms with E-state index in [9.17, 15) is 4.79 Å². The van der Waals surface area contributed by atoms with Crippen molar-refractivity contribution < 1.29 is 9.63 Å². The van der Waals surface area contributed by atoms with Gasteiger partial charge in [-0.3, -0.25) is 0 Å². The van der Waals surface area contributed by atoms with Gasteiger partial charge < -0.3 is 16.3 Å². The molecule has 0 aliphatic carbocycles. The van der Waals surface area contributed by atoms with Crippen molar-refractivity contribution in [2.75, 3.05) is 0 Å². The van der Waals surface area contributed by atoms with E-state index < -0.39 is 5.97 Å². The molecule has 0 saturated carbocycles. The van der Waals surface area contributed by atoms with E-state index in [-0.39, 0.29) is 11.9 Å². The van der Waals surface area contributed by atoms with Gasteiger partial charge in [0.2, 0.25) is 5.96 Å². The Labute approximate surface area is 59.0 Å². The molecule has 0 aromatic carbocycles. The van der Waals surface area contributed by atoms with Crippen molar-refractivity contribution in [3.8, 4) is 0 Å². The summed E-state index contributed by atoms with van der Waals surface area (Å²) < 4.78 is 0. The number of hydrogen-bond acceptors (Lipinski definition) is 3. The minimum absolute atomic E-state index is 0.219. The lowest BCUT2D eigenvalue weighted by Crippen LogP contribution is -2.24. The van der Waals surface area contributed by atoms with Crippen LogP contribution in [-0.4, -0.2) is 11.9 Å². The fourth-order valence-corrected chi connectivity index (χ4v) is 0.203. The molecular weight excluding hydrogens is 134 g/mol. The number of oxime groups is 1. The van der Waals surface area contributed by atoms with Crippen molar-refractivity contribution in [1.29, 1.82) is 0 Å². The number of hydrogen-bond donors (Lipinski definition) is 2. The average Bonchev–Trinajstić information content (AvgIpc) is 1.82. The van der Waals surface area contributed by atoms with Gasteiger partial charge in [-0.15, -0.1) is 0 Å². The third-order valence-electron chi connectivity index (χ3n) is 0.712. The zero-order valence-corrected chi connectivity index (χ0v) is 6.00. The molecule has 5 heteroatoms. The Bertz CT molecular complexity index is 149. The number of rotatable bonds is 2. The van der Waals surface area contributed by atoms with Crippen LogP contribution in [0.15, 0.2) is 5.16 Å². The van der Waals surface area contributed by atoms with E-state index in [2.05, 4.69) is 9.99 Å². The number of carbonyl (C=O) groups excluding carboxylic acids is 1. The Hall–Kier alpha value is -1.26. The van der Waals surface area contributed by atoms with Crippen LogP contribution >= 0.6 is 0 Å². The van der Waals surface area contributed by atoms with E-state index in [0.717, 1.165) is 0 Å². The Kier molecular flexibility index (Phi) is 3.24. The largest absolute Gasteiger partial charge is 0.367 e. The molecule has 0 bridgehead atoms. The SMILES string of the molecule is CC(C)C(=O)ON=C(N)N. The van der Waals surface area contributed by atoms with E-state index in [1.54, 1.807) is 13.8 Å². The molecule has 4 N–H and O–H groups in total. The van der Waals surface area contributed by atoms with Crippen molar-refractivity contribution >= 4 is 11.9 Å². The Morgan fingerprint density at radius 2 is 2.00 bits per heavy atom. The lowest BCUT2D eigenvalue weighted by Gasteiger charge is -1.98. The maximum absolute atomic E-state index is 10.6. The van der Waals surface area contributed by atoms with E-state index in [1.807, 2.05) is 0 Å². The minimum Gasteiger partial charge on any atom is -0.367 e. The predicted molar refractivity (Wildman–Crippen MR) is 36.7 cm³/mol. The van der Waals surface area contributed by atoms with Gasteiger partial charge in [0.05, 0.1) is 5.92 Å². The van der Waals surface area contributed by atoms with Gasteiger partial charge in [0.15, 0.2) is 0 Å². The zero-order chi connectivity index (χ0) is 8.15. The maximum Gasteiger partial charge on any atom is 0.337 e. The molecule has 5 nitrogen and oxygen atoms in total. The highest BCUT2D eigenvalue weighted by Gasteiger charge is 2.07. The highest BCUT2D eigenvalue weighted by molar-refractivity contribution is 5.77. The number of nitrogens with zero attached hydrogens (tertiary/aromatic N) is 1. The van der Waals surface area contributed by atoms with Gasteiger partial charge in [-0.25, -0.2) is 4.79 Å². The fraction of sp³-hybridized carbons (Fsp3) is 0.600. The smallest absolute Gasteiger partial charge is 0.337 e. The maximum atomic E-state index is 10.6. The van der Waals surface area contributed by atoms with Crippen LogP contribution in [0.1, 0.15) is 13.8 Å². The fourth-order valence-electron chi connectivity index (χ4n) is 0.203. The van der Waals surface area contributed by atoms with Gasteiger partial charge in [-0.2, -0.15) is 0 Å². The molecule has 0 aromatic heterocycles. The van der Waals surface area contributed by atoms with Crippen molar-refractivity contribution in [3.63, 3.8) is 0 Å². The summed E-state index contributed by atoms with van der Waals surface area (Å²) >= 11 is 0. The molecule has 0 radical (unpaired) electrons. The molecule has 0 aromatic rings. The van der Waals surface area contributed by atoms with Gasteiger partial charge in [0.1, 0.15) is 0 Å². The molecule has 0 fully saturated rings. The highest BCUT2D eigenvalue weighted by atomic mass is 16.7. The Morgan fingerprint density at radius 3 is 2.30 bits per heavy atom. The molecular formula is C5H11N3O2. The summed E-state index contributed by atoms with van der Waals surface area (Å²) in [6, 6.07) is 0. The minimum atomic E-state index is -0.451. The van der Waals surface area contributed by atoms with Crippen LogP contribution in [0.3, 0.4) is 0 Å². The van der Waals surface area contributed by atoms with E-state index in [0.29, 0.717) is 0 Å². The quantitative estimate of drug-likeness (QED) is 0.234. The Morgan fingerprint density at radius 1 is 1.50 bits per heavy atom. The topological polar surface area (TPSA) is 90.7 Å². The second kappa shape index (κ2) is 3.71. The third kappa shape index (κ3) is 3.71. The molecule has 0 spiro atoms. The summed E-state index contributed by atoms with van der Waals surface area (Å²) in [5.74, 6) is -0.925. The molecule has 10 heavy (non-hydrogen) atoms. The van der Waals surface area contributed by atoms with Crippen LogP contribution in [0, 0.1) is 5.92 Å². The summed E-state index contributed by atoms with van der Waals surface area (Å²) in [7, 11) is 0. The molecule has 0 aliphatic heterocycles. The normalized spacial score (nSPS) is 9.10. The zero-order valence-electron chi connectivity index (χ0n) is 6.00. The standard InChI is InChI=1S/C5H11N3O2/c1-3(2)4(9)10-8-5(6)7/h3H,1-2H3,(H4,6,7,8). The number of carbonyl (C=O) groups is 1. The Balaban J connectivity index is 3.71. The van der Waals surface area contributed by atoms with Gasteiger partial charge in [0, 0.05) is 0 Å². The predicted octanol–water partition coefficient (Wildman–Crippen LogP) is -0.626. The van der Waals surface area contributed by atoms with E-state index in [1.165, 1.54) is 0 Å². The molecule has 0 atom stereocenters. The molecule has 0 saturated heterocycles. The summed E-state index contributed by atoms with van der Waals surface area (Å²) in [6.07, 6.45) is 0. The number of guanidine groups is 1. The van der Waals surface area contributed by atoms with Crippen LogP contribution in [-0.2, 0) is 9.63 Å². The van der Waals surface area contributed by atoms with Crippen LogP contribution in [0.5, 0.6) is 0 Å². The van der Waals surface area contributed by atoms with Gasteiger partial charge in [-0.1, -0.05) is 13.8 Å². The van der Waals surface area contributed by atoms with Crippen molar-refractivity contribution in [2.24, 2.45) is 22.5 Å². The molecule has 0 unspecified atom stereocenters. The summed E-state index contributed by atoms with van der Waals surface area (Å²) in [5.41, 5.74) is 9.78. The summed E-state index contributed by atoms with van der Waals surface area (Å²) in [5, 5.41) is 3.07. The van der Waals surface area contributed by atoms with Crippen molar-refractivity contribution in [1.82, 2.24) is 0 Å². The lowest BCUT2D eigenvalue weighted by atomic mass is 10.2. The summed E-state index contributed by atoms with van der Waals surface area (Å²) in [4.78, 5) is 14.9. The first-order valence-corrected chi connectivity index (χ1v) is 2.84. The van der Waals surface area contributed by atoms with Gasteiger partial charge >= 0.3 is 5.97 Å². The summed E-state index contributed by atoms with van der Waals surface area (Å²) in [6.45, 7) is 3.37.